The van der Waals surface area contributed by atoms with Crippen LogP contribution in [-0.4, -0.2) is 79.9 Å². The molecule has 2 aromatic rings. The highest BCUT2D eigenvalue weighted by Crippen LogP contribution is 2.42. The lowest BCUT2D eigenvalue weighted by atomic mass is 9.84. The minimum Gasteiger partial charge on any atom is -0.491 e. The van der Waals surface area contributed by atoms with Crippen LogP contribution in [0.2, 0.25) is 0 Å². The maximum atomic E-state index is 13.9. The average Bonchev–Trinajstić information content (AvgIpc) is 3.62. The monoisotopic (exact) mass is 607 g/mol. The second-order valence-electron chi connectivity index (χ2n) is 12.1. The first kappa shape index (κ1) is 32.8. The molecule has 0 bridgehead atoms. The molecule has 1 amide bonds. The summed E-state index contributed by atoms with van der Waals surface area (Å²) in [5.74, 6) is 0.436. The molecule has 1 aromatic carbocycles. The fourth-order valence-corrected chi connectivity index (χ4v) is 5.54. The number of pyridine rings is 1. The number of ether oxygens (including phenoxy) is 3. The van der Waals surface area contributed by atoms with E-state index in [9.17, 15) is 14.4 Å². The molecule has 2 N–H and O–H groups in total. The highest BCUT2D eigenvalue weighted by atomic mass is 16.5. The molecule has 1 saturated heterocycles. The molecule has 0 radical (unpaired) electrons. The number of ketones is 1. The van der Waals surface area contributed by atoms with Gasteiger partial charge in [0.05, 0.1) is 32.1 Å². The molecule has 4 rings (SSSR count). The van der Waals surface area contributed by atoms with Gasteiger partial charge in [-0.25, -0.2) is 4.98 Å². The van der Waals surface area contributed by atoms with E-state index in [2.05, 4.69) is 36.0 Å². The summed E-state index contributed by atoms with van der Waals surface area (Å²) in [7, 11) is 1.52. The van der Waals surface area contributed by atoms with Gasteiger partial charge in [-0.15, -0.1) is 0 Å². The van der Waals surface area contributed by atoms with E-state index in [0.717, 1.165) is 48.5 Å². The SMILES string of the molecule is CCOC(=O)CCCOc1c(N2CCCC2)cc(C(=O)CN2Cc3cc(OCC)c(C(=O)NC)nc3C2=N)cc1C(C)(C)C. The lowest BCUT2D eigenvalue weighted by Gasteiger charge is -2.30. The van der Waals surface area contributed by atoms with Gasteiger partial charge in [-0.05, 0) is 56.7 Å². The van der Waals surface area contributed by atoms with Crippen LogP contribution in [0.4, 0.5) is 5.69 Å². The third-order valence-corrected chi connectivity index (χ3v) is 7.77. The lowest BCUT2D eigenvalue weighted by Crippen LogP contribution is -2.31. The standard InChI is InChI=1S/C33H45N5O6/c1-7-42-26-18-22-19-38(31(34)28(22)36-29(26)32(41)35-6)20-25(39)21-16-23(33(3,4)5)30(24(17-21)37-13-9-10-14-37)44-15-11-12-27(40)43-8-2/h16-18,34H,7-15,19-20H2,1-6H3,(H,35,41). The number of benzene rings is 1. The number of anilines is 1. The number of esters is 1. The van der Waals surface area contributed by atoms with Gasteiger partial charge in [0, 0.05) is 49.8 Å². The molecule has 3 heterocycles. The summed E-state index contributed by atoms with van der Waals surface area (Å²) >= 11 is 0. The summed E-state index contributed by atoms with van der Waals surface area (Å²) < 4.78 is 17.1. The van der Waals surface area contributed by atoms with E-state index in [0.29, 0.717) is 49.8 Å². The molecule has 238 valence electrons. The smallest absolute Gasteiger partial charge is 0.305 e. The molecule has 0 unspecified atom stereocenters. The number of carbonyl (C=O) groups excluding carboxylic acids is 3. The molecule has 11 heteroatoms. The van der Waals surface area contributed by atoms with E-state index in [1.807, 2.05) is 19.1 Å². The van der Waals surface area contributed by atoms with Crippen molar-refractivity contribution in [3.63, 3.8) is 0 Å². The fourth-order valence-electron chi connectivity index (χ4n) is 5.54. The largest absolute Gasteiger partial charge is 0.491 e. The van der Waals surface area contributed by atoms with E-state index in [1.165, 1.54) is 7.05 Å². The molecular weight excluding hydrogens is 562 g/mol. The topological polar surface area (TPSA) is 134 Å². The number of amidine groups is 1. The minimum absolute atomic E-state index is 0.0166. The van der Waals surface area contributed by atoms with Crippen molar-refractivity contribution in [3.8, 4) is 11.5 Å². The zero-order valence-electron chi connectivity index (χ0n) is 26.8. The molecule has 1 aromatic heterocycles. The Morgan fingerprint density at radius 3 is 2.41 bits per heavy atom. The first-order valence-corrected chi connectivity index (χ1v) is 15.5. The van der Waals surface area contributed by atoms with Crippen molar-refractivity contribution in [1.82, 2.24) is 15.2 Å². The van der Waals surface area contributed by atoms with Crippen LogP contribution in [-0.2, 0) is 21.5 Å². The van der Waals surface area contributed by atoms with Gasteiger partial charge in [0.15, 0.2) is 17.2 Å². The van der Waals surface area contributed by atoms with Crippen molar-refractivity contribution in [2.75, 3.05) is 51.4 Å². The van der Waals surface area contributed by atoms with Gasteiger partial charge in [-0.3, -0.25) is 19.8 Å². The Morgan fingerprint density at radius 1 is 1.05 bits per heavy atom. The van der Waals surface area contributed by atoms with Crippen molar-refractivity contribution in [2.24, 2.45) is 0 Å². The average molecular weight is 608 g/mol. The van der Waals surface area contributed by atoms with Gasteiger partial charge < -0.3 is 29.3 Å². The molecule has 11 nitrogen and oxygen atoms in total. The Bertz CT molecular complexity index is 1410. The van der Waals surface area contributed by atoms with Gasteiger partial charge in [0.1, 0.15) is 17.3 Å². The molecule has 2 aliphatic heterocycles. The maximum Gasteiger partial charge on any atom is 0.305 e. The van der Waals surface area contributed by atoms with E-state index in [4.69, 9.17) is 19.6 Å². The highest BCUT2D eigenvalue weighted by molar-refractivity contribution is 6.06. The molecule has 0 spiro atoms. The number of carbonyl (C=O) groups is 3. The van der Waals surface area contributed by atoms with Gasteiger partial charge in [-0.1, -0.05) is 20.8 Å². The number of fused-ring (bicyclic) bond motifs is 1. The van der Waals surface area contributed by atoms with Gasteiger partial charge in [0.25, 0.3) is 5.91 Å². The van der Waals surface area contributed by atoms with E-state index in [1.54, 1.807) is 17.9 Å². The number of rotatable bonds is 13. The summed E-state index contributed by atoms with van der Waals surface area (Å²) in [6.45, 7) is 13.0. The van der Waals surface area contributed by atoms with Crippen LogP contribution in [0.25, 0.3) is 0 Å². The van der Waals surface area contributed by atoms with E-state index < -0.39 is 5.91 Å². The zero-order chi connectivity index (χ0) is 32.0. The van der Waals surface area contributed by atoms with Crippen molar-refractivity contribution >= 4 is 29.2 Å². The third-order valence-electron chi connectivity index (χ3n) is 7.77. The second-order valence-corrected chi connectivity index (χ2v) is 12.1. The lowest BCUT2D eigenvalue weighted by molar-refractivity contribution is -0.143. The van der Waals surface area contributed by atoms with E-state index >= 15 is 0 Å². The second kappa shape index (κ2) is 14.1. The minimum atomic E-state index is -0.397. The molecule has 1 fully saturated rings. The normalized spacial score (nSPS) is 14.5. The van der Waals surface area contributed by atoms with Crippen LogP contribution in [0.5, 0.6) is 11.5 Å². The Morgan fingerprint density at radius 2 is 1.77 bits per heavy atom. The van der Waals surface area contributed by atoms with Crippen molar-refractivity contribution in [3.05, 3.63) is 46.3 Å². The molecule has 0 aliphatic carbocycles. The Hall–Kier alpha value is -4.15. The number of hydrogen-bond donors (Lipinski definition) is 2. The van der Waals surface area contributed by atoms with Crippen LogP contribution in [0.15, 0.2) is 18.2 Å². The quantitative estimate of drug-likeness (QED) is 0.192. The molecule has 0 saturated carbocycles. The molecule has 2 aliphatic rings. The predicted molar refractivity (Wildman–Crippen MR) is 168 cm³/mol. The molecule has 0 atom stereocenters. The van der Waals surface area contributed by atoms with Crippen LogP contribution >= 0.6 is 0 Å². The van der Waals surface area contributed by atoms with Gasteiger partial charge in [0.2, 0.25) is 0 Å². The number of aromatic nitrogens is 1. The Labute approximate surface area is 259 Å². The maximum absolute atomic E-state index is 13.9. The van der Waals surface area contributed by atoms with Crippen LogP contribution < -0.4 is 19.7 Å². The number of hydrogen-bond acceptors (Lipinski definition) is 9. The van der Waals surface area contributed by atoms with Crippen molar-refractivity contribution < 1.29 is 28.6 Å². The summed E-state index contributed by atoms with van der Waals surface area (Å²) in [6.07, 6.45) is 2.93. The summed E-state index contributed by atoms with van der Waals surface area (Å²) in [5.41, 5.74) is 3.25. The van der Waals surface area contributed by atoms with Crippen LogP contribution in [0.3, 0.4) is 0 Å². The van der Waals surface area contributed by atoms with Crippen molar-refractivity contribution in [1.29, 1.82) is 5.41 Å². The Balaban J connectivity index is 1.61. The first-order chi connectivity index (χ1) is 21.0. The first-order valence-electron chi connectivity index (χ1n) is 15.5. The number of nitrogens with zero attached hydrogens (tertiary/aromatic N) is 3. The van der Waals surface area contributed by atoms with Crippen molar-refractivity contribution in [2.45, 2.75) is 72.3 Å². The van der Waals surface area contributed by atoms with Gasteiger partial charge in [-0.2, -0.15) is 0 Å². The number of nitrogens with one attached hydrogen (secondary N) is 2. The van der Waals surface area contributed by atoms with Gasteiger partial charge >= 0.3 is 5.97 Å². The fraction of sp³-hybridized carbons (Fsp3) is 0.545. The van der Waals surface area contributed by atoms with E-state index in [-0.39, 0.29) is 41.7 Å². The zero-order valence-corrected chi connectivity index (χ0v) is 26.8. The number of Topliss-reactive ketones (excluding diaryl/α,β-unsaturated/α-hetero) is 1. The summed E-state index contributed by atoms with van der Waals surface area (Å²) in [4.78, 5) is 46.6. The van der Waals surface area contributed by atoms with Crippen LogP contribution in [0.1, 0.15) is 98.0 Å². The number of amides is 1. The highest BCUT2D eigenvalue weighted by Gasteiger charge is 2.32. The Kier molecular flexibility index (Phi) is 10.5. The predicted octanol–water partition coefficient (Wildman–Crippen LogP) is 4.48. The summed E-state index contributed by atoms with van der Waals surface area (Å²) in [5, 5.41) is 11.4. The van der Waals surface area contributed by atoms with Crippen LogP contribution in [0, 0.1) is 5.41 Å². The third kappa shape index (κ3) is 7.31. The summed E-state index contributed by atoms with van der Waals surface area (Å²) in [6, 6.07) is 5.56. The molecular formula is C33H45N5O6. The molecule has 44 heavy (non-hydrogen) atoms.